The van der Waals surface area contributed by atoms with Crippen LogP contribution in [-0.2, 0) is 9.13 Å². The summed E-state index contributed by atoms with van der Waals surface area (Å²) >= 11 is 0. The van der Waals surface area contributed by atoms with Gasteiger partial charge in [-0.2, -0.15) is 0 Å². The smallest absolute Gasteiger partial charge is 0.466 e. The van der Waals surface area contributed by atoms with E-state index in [0.29, 0.717) is 23.3 Å². The van der Waals surface area contributed by atoms with Gasteiger partial charge >= 0.3 is 15.6 Å². The minimum Gasteiger partial charge on any atom is -0.508 e. The fraction of sp³-hybridized carbons (Fsp3) is 0.333. The van der Waals surface area contributed by atoms with Crippen LogP contribution in [-0.4, -0.2) is 39.6 Å². The molecule has 0 fully saturated rings. The molecule has 12 heteroatoms. The molecule has 0 aliphatic heterocycles. The zero-order chi connectivity index (χ0) is 23.5. The fourth-order valence-electron chi connectivity index (χ4n) is 2.95. The second-order valence-electron chi connectivity index (χ2n) is 6.24. The molecule has 0 aromatic heterocycles. The molecule has 0 aliphatic rings. The van der Waals surface area contributed by atoms with Gasteiger partial charge in [-0.3, -0.25) is 0 Å². The van der Waals surface area contributed by atoms with Crippen molar-refractivity contribution < 1.29 is 48.7 Å². The molecule has 0 spiro atoms. The van der Waals surface area contributed by atoms with Crippen LogP contribution >= 0.6 is 15.6 Å². The fourth-order valence-corrected chi connectivity index (χ4v) is 2.95. The number of phenols is 2. The third-order valence-electron chi connectivity index (χ3n) is 4.01. The highest BCUT2D eigenvalue weighted by Crippen LogP contribution is 2.38. The zero-order valence-corrected chi connectivity index (χ0v) is 18.3. The lowest BCUT2D eigenvalue weighted by Crippen LogP contribution is -2.10. The molecule has 2 aromatic rings. The van der Waals surface area contributed by atoms with Crippen molar-refractivity contribution in [3.8, 4) is 11.5 Å². The van der Waals surface area contributed by atoms with Crippen molar-refractivity contribution >= 4 is 15.6 Å². The number of hydrogen-bond acceptors (Lipinski definition) is 4. The largest absolute Gasteiger partial charge is 0.508 e. The lowest BCUT2D eigenvalue weighted by atomic mass is 9.78. The first kappa shape index (κ1) is 28.3. The lowest BCUT2D eigenvalue weighted by molar-refractivity contribution is 0.272. The number of phenolic OH excluding ortho intramolecular Hbond substituents is 2. The number of rotatable bonds is 5. The number of hydrogen-bond donors (Lipinski definition) is 8. The van der Waals surface area contributed by atoms with Crippen molar-refractivity contribution in [3.63, 3.8) is 0 Å². The van der Waals surface area contributed by atoms with Crippen LogP contribution in [0.4, 0.5) is 0 Å². The van der Waals surface area contributed by atoms with Gasteiger partial charge in [0.25, 0.3) is 0 Å². The van der Waals surface area contributed by atoms with Crippen molar-refractivity contribution in [3.05, 3.63) is 59.7 Å². The van der Waals surface area contributed by atoms with Gasteiger partial charge < -0.3 is 39.6 Å². The third kappa shape index (κ3) is 14.3. The molecule has 0 saturated heterocycles. The Bertz CT molecular complexity index is 739. The normalized spacial score (nSPS) is 13.2. The topological polar surface area (TPSA) is 196 Å². The molecule has 0 bridgehead atoms. The standard InChI is InChI=1S/C18H22O2.2H3O4P/c1-3-17(13-5-9-15(19)10-6-13)18(4-2)14-7-11-16(20)12-8-14;2*1-5(2,3)4/h5-12,17-20H,3-4H2,1-2H3;2*(H3,1,2,3,4). The Balaban J connectivity index is 0.000000702. The highest BCUT2D eigenvalue weighted by Gasteiger charge is 2.21. The Morgan fingerprint density at radius 1 is 0.600 bits per heavy atom. The van der Waals surface area contributed by atoms with Crippen LogP contribution in [0.1, 0.15) is 49.7 Å². The van der Waals surface area contributed by atoms with E-state index in [1.165, 1.54) is 11.1 Å². The van der Waals surface area contributed by atoms with Crippen LogP contribution in [0.15, 0.2) is 48.5 Å². The predicted molar refractivity (Wildman–Crippen MR) is 111 cm³/mol. The van der Waals surface area contributed by atoms with Crippen molar-refractivity contribution in [2.45, 2.75) is 38.5 Å². The van der Waals surface area contributed by atoms with E-state index in [4.69, 9.17) is 38.5 Å². The summed E-state index contributed by atoms with van der Waals surface area (Å²) in [4.78, 5) is 43.1. The van der Waals surface area contributed by atoms with Gasteiger partial charge in [0.15, 0.2) is 0 Å². The average Bonchev–Trinajstić information content (AvgIpc) is 2.59. The zero-order valence-electron chi connectivity index (χ0n) is 16.5. The first-order valence-electron chi connectivity index (χ1n) is 8.80. The molecule has 2 unspecified atom stereocenters. The van der Waals surface area contributed by atoms with Crippen LogP contribution in [0.25, 0.3) is 0 Å². The van der Waals surface area contributed by atoms with Gasteiger partial charge in [-0.25, -0.2) is 9.13 Å². The molecule has 8 N–H and O–H groups in total. The number of aromatic hydroxyl groups is 2. The SMILES string of the molecule is CCC(c1ccc(O)cc1)C(CC)c1ccc(O)cc1.O=P(O)(O)O.O=P(O)(O)O. The Morgan fingerprint density at radius 3 is 0.967 bits per heavy atom. The molecule has 10 nitrogen and oxygen atoms in total. The van der Waals surface area contributed by atoms with Gasteiger partial charge in [0.1, 0.15) is 11.5 Å². The molecule has 30 heavy (non-hydrogen) atoms. The highest BCUT2D eigenvalue weighted by atomic mass is 31.2. The molecule has 0 radical (unpaired) electrons. The van der Waals surface area contributed by atoms with Crippen LogP contribution in [0.2, 0.25) is 0 Å². The summed E-state index contributed by atoms with van der Waals surface area (Å²) in [5.74, 6) is 1.46. The van der Waals surface area contributed by atoms with Crippen LogP contribution in [0.5, 0.6) is 11.5 Å². The van der Waals surface area contributed by atoms with E-state index in [-0.39, 0.29) is 0 Å². The van der Waals surface area contributed by atoms with E-state index in [1.54, 1.807) is 24.3 Å². The minimum absolute atomic E-state index is 0.307. The Labute approximate surface area is 174 Å². The van der Waals surface area contributed by atoms with E-state index >= 15 is 0 Å². The van der Waals surface area contributed by atoms with Crippen LogP contribution in [0.3, 0.4) is 0 Å². The lowest BCUT2D eigenvalue weighted by Gasteiger charge is -2.26. The van der Waals surface area contributed by atoms with Gasteiger partial charge in [0.2, 0.25) is 0 Å². The number of phosphoric acid groups is 2. The molecule has 170 valence electrons. The van der Waals surface area contributed by atoms with Gasteiger partial charge in [-0.1, -0.05) is 38.1 Å². The molecule has 0 heterocycles. The Morgan fingerprint density at radius 2 is 0.800 bits per heavy atom. The summed E-state index contributed by atoms with van der Waals surface area (Å²) in [6.07, 6.45) is 2.09. The average molecular weight is 466 g/mol. The Kier molecular flexibility index (Phi) is 12.1. The molecule has 2 atom stereocenters. The van der Waals surface area contributed by atoms with Crippen molar-refractivity contribution in [2.24, 2.45) is 0 Å². The van der Waals surface area contributed by atoms with Gasteiger partial charge in [-0.05, 0) is 60.1 Å². The third-order valence-corrected chi connectivity index (χ3v) is 4.01. The molecule has 2 rings (SSSR count). The van der Waals surface area contributed by atoms with E-state index < -0.39 is 15.6 Å². The molecular weight excluding hydrogens is 438 g/mol. The predicted octanol–water partition coefficient (Wildman–Crippen LogP) is 2.93. The first-order valence-corrected chi connectivity index (χ1v) is 11.9. The van der Waals surface area contributed by atoms with Gasteiger partial charge in [0, 0.05) is 0 Å². The Hall–Kier alpha value is -1.74. The second-order valence-corrected chi connectivity index (χ2v) is 8.29. The monoisotopic (exact) mass is 466 g/mol. The van der Waals surface area contributed by atoms with E-state index in [2.05, 4.69) is 13.8 Å². The van der Waals surface area contributed by atoms with Gasteiger partial charge in [-0.15, -0.1) is 0 Å². The van der Waals surface area contributed by atoms with E-state index in [1.807, 2.05) is 24.3 Å². The summed E-state index contributed by atoms with van der Waals surface area (Å²) < 4.78 is 17.8. The second kappa shape index (κ2) is 12.8. The first-order chi connectivity index (χ1) is 13.7. The summed E-state index contributed by atoms with van der Waals surface area (Å²) in [5, 5.41) is 18.9. The van der Waals surface area contributed by atoms with E-state index in [0.717, 1.165) is 12.8 Å². The summed E-state index contributed by atoms with van der Waals surface area (Å²) in [6.45, 7) is 4.39. The maximum atomic E-state index is 9.43. The van der Waals surface area contributed by atoms with E-state index in [9.17, 15) is 10.2 Å². The molecule has 0 amide bonds. The molecule has 0 saturated carbocycles. The summed E-state index contributed by atoms with van der Waals surface area (Å²) in [7, 11) is -9.28. The molecule has 2 aromatic carbocycles. The quantitative estimate of drug-likeness (QED) is 0.303. The number of benzene rings is 2. The molecular formula is C18H28O10P2. The van der Waals surface area contributed by atoms with Crippen molar-refractivity contribution in [1.29, 1.82) is 0 Å². The van der Waals surface area contributed by atoms with Crippen LogP contribution < -0.4 is 0 Å². The van der Waals surface area contributed by atoms with Crippen LogP contribution in [0, 0.1) is 0 Å². The maximum Gasteiger partial charge on any atom is 0.466 e. The highest BCUT2D eigenvalue weighted by molar-refractivity contribution is 7.45. The van der Waals surface area contributed by atoms with Crippen molar-refractivity contribution in [2.75, 3.05) is 0 Å². The maximum absolute atomic E-state index is 9.43. The summed E-state index contributed by atoms with van der Waals surface area (Å²) in [6, 6.07) is 15.0. The molecule has 0 aliphatic carbocycles. The minimum atomic E-state index is -4.64. The summed E-state index contributed by atoms with van der Waals surface area (Å²) in [5.41, 5.74) is 2.51. The van der Waals surface area contributed by atoms with Crippen molar-refractivity contribution in [1.82, 2.24) is 0 Å². The van der Waals surface area contributed by atoms with Gasteiger partial charge in [0.05, 0.1) is 0 Å².